The van der Waals surface area contributed by atoms with E-state index >= 15 is 0 Å². The van der Waals surface area contributed by atoms with Gasteiger partial charge in [0.1, 0.15) is 0 Å². The Morgan fingerprint density at radius 2 is 1.55 bits per heavy atom. The largest absolute Gasteiger partial charge is 0.459 e. The number of furan rings is 1. The molecule has 2 aliphatic heterocycles. The first-order valence-corrected chi connectivity index (χ1v) is 10.6. The Morgan fingerprint density at radius 1 is 0.862 bits per heavy atom. The Kier molecular flexibility index (Phi) is 6.30. The van der Waals surface area contributed by atoms with Crippen molar-refractivity contribution >= 4 is 11.8 Å². The van der Waals surface area contributed by atoms with Crippen LogP contribution >= 0.6 is 0 Å². The van der Waals surface area contributed by atoms with Crippen molar-refractivity contribution in [3.63, 3.8) is 0 Å². The van der Waals surface area contributed by atoms with Gasteiger partial charge in [0.15, 0.2) is 5.76 Å². The fraction of sp³-hybridized carbons (Fsp3) is 0.478. The zero-order valence-electron chi connectivity index (χ0n) is 16.8. The summed E-state index contributed by atoms with van der Waals surface area (Å²) in [6, 6.07) is 14.1. The summed E-state index contributed by atoms with van der Waals surface area (Å²) in [4.78, 5) is 31.0. The molecule has 6 nitrogen and oxygen atoms in total. The quantitative estimate of drug-likeness (QED) is 0.781. The van der Waals surface area contributed by atoms with Crippen molar-refractivity contribution in [2.24, 2.45) is 5.92 Å². The van der Waals surface area contributed by atoms with Gasteiger partial charge in [-0.15, -0.1) is 0 Å². The van der Waals surface area contributed by atoms with Crippen LogP contribution in [0.4, 0.5) is 0 Å². The Hall–Kier alpha value is -2.60. The number of amides is 2. The molecule has 3 heterocycles. The summed E-state index contributed by atoms with van der Waals surface area (Å²) in [7, 11) is 0. The van der Waals surface area contributed by atoms with Gasteiger partial charge in [0.2, 0.25) is 5.91 Å². The number of carbonyl (C=O) groups is 2. The van der Waals surface area contributed by atoms with Crippen LogP contribution in [0.1, 0.15) is 29.0 Å². The summed E-state index contributed by atoms with van der Waals surface area (Å²) in [5, 5.41) is 0. The minimum atomic E-state index is -0.0948. The highest BCUT2D eigenvalue weighted by molar-refractivity contribution is 5.91. The lowest BCUT2D eigenvalue weighted by Gasteiger charge is -2.37. The van der Waals surface area contributed by atoms with E-state index in [1.807, 2.05) is 4.90 Å². The Labute approximate surface area is 172 Å². The van der Waals surface area contributed by atoms with Crippen molar-refractivity contribution in [1.29, 1.82) is 0 Å². The molecule has 1 aromatic heterocycles. The number of likely N-dealkylation sites (tertiary alicyclic amines) is 1. The zero-order chi connectivity index (χ0) is 20.1. The predicted octanol–water partition coefficient (Wildman–Crippen LogP) is 2.52. The van der Waals surface area contributed by atoms with Gasteiger partial charge in [-0.25, -0.2) is 0 Å². The second-order valence-electron chi connectivity index (χ2n) is 8.06. The van der Waals surface area contributed by atoms with E-state index < -0.39 is 0 Å². The number of piperazine rings is 1. The van der Waals surface area contributed by atoms with Crippen molar-refractivity contribution in [1.82, 2.24) is 14.7 Å². The minimum absolute atomic E-state index is 0.0948. The summed E-state index contributed by atoms with van der Waals surface area (Å²) < 4.78 is 5.19. The normalized spacial score (nSPS) is 18.8. The minimum Gasteiger partial charge on any atom is -0.459 e. The molecule has 0 radical (unpaired) electrons. The molecule has 0 aliphatic carbocycles. The lowest BCUT2D eigenvalue weighted by Crippen LogP contribution is -2.53. The summed E-state index contributed by atoms with van der Waals surface area (Å²) in [5.74, 6) is 1.15. The van der Waals surface area contributed by atoms with Crippen molar-refractivity contribution < 1.29 is 14.0 Å². The van der Waals surface area contributed by atoms with Crippen LogP contribution in [-0.2, 0) is 11.2 Å². The monoisotopic (exact) mass is 395 g/mol. The number of rotatable bonds is 5. The van der Waals surface area contributed by atoms with Gasteiger partial charge in [-0.1, -0.05) is 30.3 Å². The van der Waals surface area contributed by atoms with Crippen LogP contribution in [0, 0.1) is 5.92 Å². The SMILES string of the molecule is O=C(CN1CCC(Cc2ccccc2)CC1)N1CCN(C(=O)c2ccco2)CC1. The van der Waals surface area contributed by atoms with Crippen molar-refractivity contribution in [3.05, 3.63) is 60.1 Å². The van der Waals surface area contributed by atoms with E-state index in [9.17, 15) is 9.59 Å². The maximum atomic E-state index is 12.7. The van der Waals surface area contributed by atoms with E-state index in [0.717, 1.165) is 32.4 Å². The van der Waals surface area contributed by atoms with Gasteiger partial charge in [-0.3, -0.25) is 14.5 Å². The molecule has 2 amide bonds. The third-order valence-corrected chi connectivity index (χ3v) is 6.08. The molecule has 29 heavy (non-hydrogen) atoms. The second-order valence-corrected chi connectivity index (χ2v) is 8.06. The maximum absolute atomic E-state index is 12.7. The number of benzene rings is 1. The molecule has 1 aromatic carbocycles. The topological polar surface area (TPSA) is 57.0 Å². The van der Waals surface area contributed by atoms with Crippen molar-refractivity contribution in [2.45, 2.75) is 19.3 Å². The Balaban J connectivity index is 1.18. The average molecular weight is 396 g/mol. The molecule has 0 unspecified atom stereocenters. The second kappa shape index (κ2) is 9.27. The predicted molar refractivity (Wildman–Crippen MR) is 111 cm³/mol. The van der Waals surface area contributed by atoms with E-state index in [0.29, 0.717) is 44.4 Å². The third kappa shape index (κ3) is 5.07. The third-order valence-electron chi connectivity index (χ3n) is 6.08. The molecule has 2 aromatic rings. The highest BCUT2D eigenvalue weighted by Crippen LogP contribution is 2.21. The van der Waals surface area contributed by atoms with Crippen molar-refractivity contribution in [3.8, 4) is 0 Å². The molecule has 2 saturated heterocycles. The zero-order valence-corrected chi connectivity index (χ0v) is 16.8. The van der Waals surface area contributed by atoms with Crippen LogP contribution in [0.25, 0.3) is 0 Å². The highest BCUT2D eigenvalue weighted by atomic mass is 16.3. The van der Waals surface area contributed by atoms with E-state index in [4.69, 9.17) is 4.42 Å². The van der Waals surface area contributed by atoms with Crippen LogP contribution in [0.3, 0.4) is 0 Å². The van der Waals surface area contributed by atoms with E-state index in [2.05, 4.69) is 35.2 Å². The van der Waals surface area contributed by atoms with E-state index in [1.54, 1.807) is 17.0 Å². The Bertz CT molecular complexity index is 790. The fourth-order valence-electron chi connectivity index (χ4n) is 4.30. The van der Waals surface area contributed by atoms with Crippen LogP contribution in [0.5, 0.6) is 0 Å². The van der Waals surface area contributed by atoms with Gasteiger partial charge in [0.05, 0.1) is 12.8 Å². The number of piperidine rings is 1. The lowest BCUT2D eigenvalue weighted by atomic mass is 9.90. The summed E-state index contributed by atoms with van der Waals surface area (Å²) in [5.41, 5.74) is 1.41. The molecule has 0 spiro atoms. The van der Waals surface area contributed by atoms with Gasteiger partial charge >= 0.3 is 0 Å². The molecule has 0 bridgehead atoms. The first-order valence-electron chi connectivity index (χ1n) is 10.6. The molecule has 2 aliphatic rings. The molecular weight excluding hydrogens is 366 g/mol. The summed E-state index contributed by atoms with van der Waals surface area (Å²) >= 11 is 0. The standard InChI is InChI=1S/C23H29N3O3/c27-22(25-12-14-26(15-13-25)23(28)21-7-4-16-29-21)18-24-10-8-20(9-11-24)17-19-5-2-1-3-6-19/h1-7,16,20H,8-15,17-18H2. The molecule has 154 valence electrons. The average Bonchev–Trinajstić information content (AvgIpc) is 3.30. The number of hydrogen-bond donors (Lipinski definition) is 0. The lowest BCUT2D eigenvalue weighted by molar-refractivity contribution is -0.134. The summed E-state index contributed by atoms with van der Waals surface area (Å²) in [6.07, 6.45) is 4.94. The van der Waals surface area contributed by atoms with Gasteiger partial charge in [-0.05, 0) is 56.0 Å². The van der Waals surface area contributed by atoms with E-state index in [1.165, 1.54) is 11.8 Å². The van der Waals surface area contributed by atoms with Crippen LogP contribution < -0.4 is 0 Å². The first-order chi connectivity index (χ1) is 14.2. The Morgan fingerprint density at radius 3 is 2.21 bits per heavy atom. The number of carbonyl (C=O) groups excluding carboxylic acids is 2. The first kappa shape index (κ1) is 19.7. The van der Waals surface area contributed by atoms with Gasteiger partial charge in [0.25, 0.3) is 5.91 Å². The molecule has 0 atom stereocenters. The molecule has 6 heteroatoms. The van der Waals surface area contributed by atoms with Crippen LogP contribution in [-0.4, -0.2) is 72.3 Å². The van der Waals surface area contributed by atoms with Crippen LogP contribution in [0.2, 0.25) is 0 Å². The summed E-state index contributed by atoms with van der Waals surface area (Å²) in [6.45, 7) is 4.77. The molecule has 4 rings (SSSR count). The van der Waals surface area contributed by atoms with Gasteiger partial charge in [-0.2, -0.15) is 0 Å². The van der Waals surface area contributed by atoms with Gasteiger partial charge < -0.3 is 14.2 Å². The smallest absolute Gasteiger partial charge is 0.289 e. The van der Waals surface area contributed by atoms with Crippen LogP contribution in [0.15, 0.2) is 53.1 Å². The number of nitrogens with zero attached hydrogens (tertiary/aromatic N) is 3. The van der Waals surface area contributed by atoms with Gasteiger partial charge in [0, 0.05) is 26.2 Å². The van der Waals surface area contributed by atoms with E-state index in [-0.39, 0.29) is 11.8 Å². The van der Waals surface area contributed by atoms with Crippen molar-refractivity contribution in [2.75, 3.05) is 45.8 Å². The molecular formula is C23H29N3O3. The molecule has 0 N–H and O–H groups in total. The maximum Gasteiger partial charge on any atom is 0.289 e. The fourth-order valence-corrected chi connectivity index (χ4v) is 4.30. The molecule has 2 fully saturated rings. The highest BCUT2D eigenvalue weighted by Gasteiger charge is 2.28. The molecule has 0 saturated carbocycles. The number of hydrogen-bond acceptors (Lipinski definition) is 4.